The monoisotopic (exact) mass is 401 g/mol. The maximum Gasteiger partial charge on any atom is 0.188 e. The summed E-state index contributed by atoms with van der Waals surface area (Å²) in [5.41, 5.74) is 3.18. The van der Waals surface area contributed by atoms with Crippen molar-refractivity contribution in [1.29, 1.82) is 5.26 Å². The van der Waals surface area contributed by atoms with Crippen LogP contribution in [0.15, 0.2) is 42.5 Å². The lowest BCUT2D eigenvalue weighted by molar-refractivity contribution is 0.654. The van der Waals surface area contributed by atoms with Crippen molar-refractivity contribution in [2.24, 2.45) is 5.92 Å². The quantitative estimate of drug-likeness (QED) is 0.503. The molecule has 0 unspecified atom stereocenters. The van der Waals surface area contributed by atoms with Crippen LogP contribution in [0, 0.1) is 17.2 Å². The van der Waals surface area contributed by atoms with Crippen molar-refractivity contribution in [3.05, 3.63) is 63.0 Å². The number of halogens is 2. The second-order valence-corrected chi connectivity index (χ2v) is 8.20. The SMILES string of the molecule is CC(C)Cc1sc(Nc2ccccc2C#N)nc1-c1ccc(Cl)c(Cl)c1. The Labute approximate surface area is 167 Å². The zero-order chi connectivity index (χ0) is 18.7. The molecule has 0 aliphatic rings. The Bertz CT molecular complexity index is 973. The Hall–Kier alpha value is -2.06. The molecule has 0 amide bonds. The van der Waals surface area contributed by atoms with E-state index < -0.39 is 0 Å². The summed E-state index contributed by atoms with van der Waals surface area (Å²) in [4.78, 5) is 5.95. The molecule has 1 heterocycles. The number of para-hydroxylation sites is 1. The third-order valence-corrected chi connectivity index (χ3v) is 5.51. The van der Waals surface area contributed by atoms with E-state index in [1.165, 1.54) is 4.88 Å². The molecule has 3 rings (SSSR count). The van der Waals surface area contributed by atoms with Gasteiger partial charge in [-0.05, 0) is 36.6 Å². The van der Waals surface area contributed by atoms with Crippen LogP contribution in [0.3, 0.4) is 0 Å². The molecule has 132 valence electrons. The Balaban J connectivity index is 2.01. The molecular formula is C20H17Cl2N3S. The predicted octanol–water partition coefficient (Wildman–Crippen LogP) is 6.93. The van der Waals surface area contributed by atoms with Gasteiger partial charge in [-0.1, -0.05) is 55.2 Å². The summed E-state index contributed by atoms with van der Waals surface area (Å²) in [7, 11) is 0. The van der Waals surface area contributed by atoms with Crippen molar-refractivity contribution in [2.45, 2.75) is 20.3 Å². The number of hydrogen-bond donors (Lipinski definition) is 1. The van der Waals surface area contributed by atoms with Crippen LogP contribution in [0.5, 0.6) is 0 Å². The van der Waals surface area contributed by atoms with E-state index in [1.807, 2.05) is 30.3 Å². The zero-order valence-corrected chi connectivity index (χ0v) is 16.7. The maximum atomic E-state index is 9.28. The van der Waals surface area contributed by atoms with Crippen LogP contribution in [0.2, 0.25) is 10.0 Å². The minimum Gasteiger partial charge on any atom is -0.330 e. The van der Waals surface area contributed by atoms with Gasteiger partial charge in [0.25, 0.3) is 0 Å². The first-order valence-corrected chi connectivity index (χ1v) is 9.76. The Morgan fingerprint density at radius 1 is 1.15 bits per heavy atom. The lowest BCUT2D eigenvalue weighted by atomic mass is 10.0. The van der Waals surface area contributed by atoms with Gasteiger partial charge >= 0.3 is 0 Å². The van der Waals surface area contributed by atoms with Crippen molar-refractivity contribution >= 4 is 45.4 Å². The standard InChI is InChI=1S/C20H17Cl2N3S/c1-12(2)9-18-19(13-7-8-15(21)16(22)10-13)25-20(26-18)24-17-6-4-3-5-14(17)11-23/h3-8,10,12H,9H2,1-2H3,(H,24,25). The van der Waals surface area contributed by atoms with Crippen LogP contribution < -0.4 is 5.32 Å². The molecule has 0 radical (unpaired) electrons. The molecule has 0 fully saturated rings. The summed E-state index contributed by atoms with van der Waals surface area (Å²) >= 11 is 13.8. The lowest BCUT2D eigenvalue weighted by Gasteiger charge is -2.06. The fraction of sp³-hybridized carbons (Fsp3) is 0.200. The average Bonchev–Trinajstić information content (AvgIpc) is 2.99. The van der Waals surface area contributed by atoms with Crippen molar-refractivity contribution in [1.82, 2.24) is 4.98 Å². The third-order valence-electron chi connectivity index (χ3n) is 3.77. The van der Waals surface area contributed by atoms with E-state index >= 15 is 0 Å². The minimum atomic E-state index is 0.496. The fourth-order valence-corrected chi connectivity index (χ4v) is 4.09. The Morgan fingerprint density at radius 2 is 1.92 bits per heavy atom. The first kappa shape index (κ1) is 18.7. The number of aromatic nitrogens is 1. The van der Waals surface area contributed by atoms with Crippen LogP contribution in [0.4, 0.5) is 10.8 Å². The summed E-state index contributed by atoms with van der Waals surface area (Å²) in [6.45, 7) is 4.35. The largest absolute Gasteiger partial charge is 0.330 e. The second-order valence-electron chi connectivity index (χ2n) is 6.30. The van der Waals surface area contributed by atoms with Crippen molar-refractivity contribution in [2.75, 3.05) is 5.32 Å². The number of nitriles is 1. The Morgan fingerprint density at radius 3 is 2.62 bits per heavy atom. The molecular weight excluding hydrogens is 385 g/mol. The van der Waals surface area contributed by atoms with Gasteiger partial charge in [0.2, 0.25) is 0 Å². The Kier molecular flexibility index (Phi) is 5.83. The van der Waals surface area contributed by atoms with Crippen LogP contribution >= 0.6 is 34.5 Å². The molecule has 6 heteroatoms. The van der Waals surface area contributed by atoms with Gasteiger partial charge in [0.15, 0.2) is 5.13 Å². The number of rotatable bonds is 5. The van der Waals surface area contributed by atoms with Crippen LogP contribution in [-0.2, 0) is 6.42 Å². The molecule has 26 heavy (non-hydrogen) atoms. The zero-order valence-electron chi connectivity index (χ0n) is 14.4. The third kappa shape index (κ3) is 4.19. The highest BCUT2D eigenvalue weighted by molar-refractivity contribution is 7.16. The van der Waals surface area contributed by atoms with Gasteiger partial charge in [-0.25, -0.2) is 4.98 Å². The minimum absolute atomic E-state index is 0.496. The summed E-state index contributed by atoms with van der Waals surface area (Å²) in [5.74, 6) is 0.496. The van der Waals surface area contributed by atoms with E-state index in [9.17, 15) is 5.26 Å². The molecule has 0 aliphatic heterocycles. The van der Waals surface area contributed by atoms with E-state index in [2.05, 4.69) is 25.2 Å². The first-order chi connectivity index (χ1) is 12.5. The molecule has 3 aromatic rings. The molecule has 1 aromatic heterocycles. The molecule has 0 saturated carbocycles. The number of nitrogens with zero attached hydrogens (tertiary/aromatic N) is 2. The molecule has 0 aliphatic carbocycles. The van der Waals surface area contributed by atoms with Crippen molar-refractivity contribution in [3.63, 3.8) is 0 Å². The van der Waals surface area contributed by atoms with Crippen LogP contribution in [0.25, 0.3) is 11.3 Å². The summed E-state index contributed by atoms with van der Waals surface area (Å²) in [6, 6.07) is 15.2. The maximum absolute atomic E-state index is 9.28. The molecule has 0 spiro atoms. The number of thiazole rings is 1. The highest BCUT2D eigenvalue weighted by Gasteiger charge is 2.16. The number of hydrogen-bond acceptors (Lipinski definition) is 4. The van der Waals surface area contributed by atoms with Gasteiger partial charge in [-0.2, -0.15) is 5.26 Å². The molecule has 1 N–H and O–H groups in total. The predicted molar refractivity (Wildman–Crippen MR) is 111 cm³/mol. The molecule has 2 aromatic carbocycles. The number of nitrogens with one attached hydrogen (secondary N) is 1. The van der Waals surface area contributed by atoms with Gasteiger partial charge in [-0.3, -0.25) is 0 Å². The summed E-state index contributed by atoms with van der Waals surface area (Å²) in [6.07, 6.45) is 0.912. The van der Waals surface area contributed by atoms with E-state index in [0.717, 1.165) is 28.5 Å². The lowest BCUT2D eigenvalue weighted by Crippen LogP contribution is -1.94. The van der Waals surface area contributed by atoms with E-state index in [-0.39, 0.29) is 0 Å². The number of anilines is 2. The average molecular weight is 402 g/mol. The van der Waals surface area contributed by atoms with Crippen molar-refractivity contribution < 1.29 is 0 Å². The van der Waals surface area contributed by atoms with Crippen molar-refractivity contribution in [3.8, 4) is 17.3 Å². The smallest absolute Gasteiger partial charge is 0.188 e. The van der Waals surface area contributed by atoms with Gasteiger partial charge in [-0.15, -0.1) is 11.3 Å². The molecule has 0 bridgehead atoms. The van der Waals surface area contributed by atoms with E-state index in [0.29, 0.717) is 21.5 Å². The first-order valence-electron chi connectivity index (χ1n) is 8.19. The summed E-state index contributed by atoms with van der Waals surface area (Å²) in [5, 5.41) is 14.3. The highest BCUT2D eigenvalue weighted by atomic mass is 35.5. The normalized spacial score (nSPS) is 10.8. The molecule has 0 atom stereocenters. The van der Waals surface area contributed by atoms with Crippen LogP contribution in [0.1, 0.15) is 24.3 Å². The van der Waals surface area contributed by atoms with E-state index in [1.54, 1.807) is 23.5 Å². The second kappa shape index (κ2) is 8.09. The van der Waals surface area contributed by atoms with Gasteiger partial charge in [0.1, 0.15) is 6.07 Å². The fourth-order valence-electron chi connectivity index (χ4n) is 2.59. The van der Waals surface area contributed by atoms with Gasteiger partial charge < -0.3 is 5.32 Å². The topological polar surface area (TPSA) is 48.7 Å². The number of benzene rings is 2. The highest BCUT2D eigenvalue weighted by Crippen LogP contribution is 2.36. The molecule has 0 saturated heterocycles. The van der Waals surface area contributed by atoms with Gasteiger partial charge in [0, 0.05) is 10.4 Å². The van der Waals surface area contributed by atoms with Crippen LogP contribution in [-0.4, -0.2) is 4.98 Å². The summed E-state index contributed by atoms with van der Waals surface area (Å²) < 4.78 is 0. The molecule has 3 nitrogen and oxygen atoms in total. The van der Waals surface area contributed by atoms with Gasteiger partial charge in [0.05, 0.1) is 27.0 Å². The van der Waals surface area contributed by atoms with E-state index in [4.69, 9.17) is 28.2 Å².